The van der Waals surface area contributed by atoms with E-state index in [2.05, 4.69) is 4.74 Å². The molecule has 0 bridgehead atoms. The van der Waals surface area contributed by atoms with Crippen LogP contribution in [0.15, 0.2) is 0 Å². The Bertz CT molecular complexity index is 359. The average molecular weight is 252 g/mol. The minimum atomic E-state index is -3.55. The number of hydrogen-bond acceptors (Lipinski definition) is 5. The van der Waals surface area contributed by atoms with Crippen LogP contribution in [0, 0.1) is 0 Å². The Kier molecular flexibility index (Phi) is 3.76. The number of sulfonamides is 1. The van der Waals surface area contributed by atoms with Gasteiger partial charge in [-0.3, -0.25) is 0 Å². The van der Waals surface area contributed by atoms with E-state index in [0.29, 0.717) is 0 Å². The minimum Gasteiger partial charge on any atom is -0.447 e. The molecule has 0 aromatic heterocycles. The summed E-state index contributed by atoms with van der Waals surface area (Å²) in [6.45, 7) is -0.209. The highest BCUT2D eigenvalue weighted by Crippen LogP contribution is 2.31. The van der Waals surface area contributed by atoms with Gasteiger partial charge >= 0.3 is 6.09 Å². The quantitative estimate of drug-likeness (QED) is 0.595. The predicted molar refractivity (Wildman–Crippen MR) is 55.8 cm³/mol. The van der Waals surface area contributed by atoms with E-state index in [1.807, 2.05) is 0 Å². The second-order valence-electron chi connectivity index (χ2n) is 4.12. The number of carbonyl (C=O) groups excluding carboxylic acids is 1. The molecule has 0 radical (unpaired) electrons. The first-order valence-electron chi connectivity index (χ1n) is 4.89. The van der Waals surface area contributed by atoms with E-state index in [1.54, 1.807) is 0 Å². The summed E-state index contributed by atoms with van der Waals surface area (Å²) in [5, 5.41) is 14.3. The fourth-order valence-electron chi connectivity index (χ4n) is 1.81. The molecule has 0 aromatic rings. The molecule has 16 heavy (non-hydrogen) atoms. The lowest BCUT2D eigenvalue weighted by Crippen LogP contribution is -2.44. The zero-order chi connectivity index (χ0) is 12.4. The van der Waals surface area contributed by atoms with Gasteiger partial charge in [-0.15, -0.1) is 0 Å². The minimum absolute atomic E-state index is 0.209. The van der Waals surface area contributed by atoms with Crippen LogP contribution in [0.2, 0.25) is 0 Å². The van der Waals surface area contributed by atoms with E-state index in [1.165, 1.54) is 0 Å². The van der Waals surface area contributed by atoms with Crippen LogP contribution >= 0.6 is 0 Å². The summed E-state index contributed by atoms with van der Waals surface area (Å²) in [6, 6.07) is 0. The number of ether oxygens (including phenoxy) is 1. The molecular weight excluding hydrogens is 236 g/mol. The van der Waals surface area contributed by atoms with Crippen molar-refractivity contribution in [3.05, 3.63) is 0 Å². The monoisotopic (exact) mass is 252 g/mol. The second kappa shape index (κ2) is 4.56. The van der Waals surface area contributed by atoms with Gasteiger partial charge in [0.05, 0.1) is 10.9 Å². The van der Waals surface area contributed by atoms with Crippen LogP contribution in [-0.4, -0.2) is 37.1 Å². The number of primary sulfonamides is 1. The molecule has 1 amide bonds. The molecule has 0 unspecified atom stereocenters. The summed E-state index contributed by atoms with van der Waals surface area (Å²) in [6.07, 6.45) is 0.0134. The maximum Gasteiger partial charge on any atom is 0.404 e. The molecule has 0 saturated heterocycles. The number of hydrogen-bond donors (Lipinski definition) is 3. The molecule has 0 aliphatic heterocycles. The number of amides is 1. The van der Waals surface area contributed by atoms with Crippen LogP contribution in [0.1, 0.15) is 25.7 Å². The molecule has 1 saturated carbocycles. The molecule has 1 fully saturated rings. The van der Waals surface area contributed by atoms with Crippen molar-refractivity contribution in [2.75, 3.05) is 6.61 Å². The lowest BCUT2D eigenvalue weighted by Gasteiger charge is -2.34. The number of aliphatic hydroxyl groups is 1. The van der Waals surface area contributed by atoms with Gasteiger partial charge in [-0.1, -0.05) is 0 Å². The maximum atomic E-state index is 11.1. The molecule has 1 rings (SSSR count). The Morgan fingerprint density at radius 2 is 1.94 bits per heavy atom. The zero-order valence-electron chi connectivity index (χ0n) is 8.76. The maximum absolute atomic E-state index is 11.1. The van der Waals surface area contributed by atoms with E-state index < -0.39 is 27.0 Å². The van der Waals surface area contributed by atoms with Crippen LogP contribution in [0.4, 0.5) is 4.79 Å². The Balaban J connectivity index is 2.50. The van der Waals surface area contributed by atoms with Gasteiger partial charge in [0.25, 0.3) is 0 Å². The van der Waals surface area contributed by atoms with Crippen LogP contribution in [0.25, 0.3) is 0 Å². The van der Waals surface area contributed by atoms with Gasteiger partial charge in [0.2, 0.25) is 10.0 Å². The summed E-state index contributed by atoms with van der Waals surface area (Å²) < 4.78 is 26.6. The highest BCUT2D eigenvalue weighted by Gasteiger charge is 2.37. The van der Waals surface area contributed by atoms with Gasteiger partial charge in [-0.2, -0.15) is 0 Å². The van der Waals surface area contributed by atoms with Gasteiger partial charge in [0.1, 0.15) is 6.61 Å². The van der Waals surface area contributed by atoms with Crippen molar-refractivity contribution in [1.82, 2.24) is 0 Å². The van der Waals surface area contributed by atoms with Crippen molar-refractivity contribution >= 4 is 16.1 Å². The SMILES string of the molecule is NC(=O)OC[C@]1(O)CC[C@@H](S(N)(=O)=O)CC1. The molecule has 7 nitrogen and oxygen atoms in total. The molecule has 0 aromatic carbocycles. The average Bonchev–Trinajstić information content (AvgIpc) is 2.14. The lowest BCUT2D eigenvalue weighted by molar-refractivity contribution is -0.0448. The van der Waals surface area contributed by atoms with Crippen LogP contribution in [0.5, 0.6) is 0 Å². The van der Waals surface area contributed by atoms with Gasteiger partial charge in [-0.05, 0) is 25.7 Å². The van der Waals surface area contributed by atoms with Gasteiger partial charge in [-0.25, -0.2) is 18.4 Å². The topological polar surface area (TPSA) is 133 Å². The van der Waals surface area contributed by atoms with E-state index in [-0.39, 0.29) is 32.3 Å². The summed E-state index contributed by atoms with van der Waals surface area (Å²) >= 11 is 0. The number of carbonyl (C=O) groups is 1. The van der Waals surface area contributed by atoms with Crippen LogP contribution < -0.4 is 10.9 Å². The highest BCUT2D eigenvalue weighted by atomic mass is 32.2. The van der Waals surface area contributed by atoms with E-state index in [0.717, 1.165) is 0 Å². The van der Waals surface area contributed by atoms with Crippen molar-refractivity contribution in [2.24, 2.45) is 10.9 Å². The van der Waals surface area contributed by atoms with E-state index >= 15 is 0 Å². The molecule has 1 aliphatic carbocycles. The van der Waals surface area contributed by atoms with Gasteiger partial charge < -0.3 is 15.6 Å². The summed E-state index contributed by atoms with van der Waals surface area (Å²) in [5.41, 5.74) is 3.59. The normalized spacial score (nSPS) is 31.0. The third kappa shape index (κ3) is 3.62. The molecular formula is C8H16N2O5S. The molecule has 0 heterocycles. The molecule has 0 spiro atoms. The molecule has 0 atom stereocenters. The van der Waals surface area contributed by atoms with E-state index in [9.17, 15) is 18.3 Å². The molecule has 1 aliphatic rings. The van der Waals surface area contributed by atoms with Crippen LogP contribution in [-0.2, 0) is 14.8 Å². The van der Waals surface area contributed by atoms with Crippen molar-refractivity contribution in [2.45, 2.75) is 36.5 Å². The molecule has 5 N–H and O–H groups in total. The third-order valence-corrected chi connectivity index (χ3v) is 4.21. The molecule has 94 valence electrons. The Morgan fingerprint density at radius 3 is 2.31 bits per heavy atom. The zero-order valence-corrected chi connectivity index (χ0v) is 9.57. The summed E-state index contributed by atoms with van der Waals surface area (Å²) in [7, 11) is -3.55. The number of primary amides is 1. The third-order valence-electron chi connectivity index (χ3n) is 2.81. The largest absolute Gasteiger partial charge is 0.447 e. The molecule has 8 heteroatoms. The van der Waals surface area contributed by atoms with E-state index in [4.69, 9.17) is 10.9 Å². The second-order valence-corrected chi connectivity index (χ2v) is 5.97. The smallest absolute Gasteiger partial charge is 0.404 e. The fraction of sp³-hybridized carbons (Fsp3) is 0.875. The summed E-state index contributed by atoms with van der Waals surface area (Å²) in [4.78, 5) is 10.4. The van der Waals surface area contributed by atoms with Crippen molar-refractivity contribution in [1.29, 1.82) is 0 Å². The van der Waals surface area contributed by atoms with Crippen molar-refractivity contribution in [3.8, 4) is 0 Å². The highest BCUT2D eigenvalue weighted by molar-refractivity contribution is 7.89. The lowest BCUT2D eigenvalue weighted by atomic mass is 9.85. The Labute approximate surface area is 93.8 Å². The predicted octanol–water partition coefficient (Wildman–Crippen LogP) is -0.956. The summed E-state index contributed by atoms with van der Waals surface area (Å²) in [5.74, 6) is 0. The first kappa shape index (κ1) is 13.2. The standard InChI is InChI=1S/C8H16N2O5S/c9-7(11)15-5-8(12)3-1-6(2-4-8)16(10,13)14/h6,12H,1-5H2,(H2,9,11)(H2,10,13,14)/t6-,8+. The van der Waals surface area contributed by atoms with Crippen LogP contribution in [0.3, 0.4) is 0 Å². The first-order chi connectivity index (χ1) is 7.23. The van der Waals surface area contributed by atoms with Crippen molar-refractivity contribution in [3.63, 3.8) is 0 Å². The fourth-order valence-corrected chi connectivity index (χ4v) is 2.70. The van der Waals surface area contributed by atoms with Gasteiger partial charge in [0, 0.05) is 0 Å². The van der Waals surface area contributed by atoms with Crippen molar-refractivity contribution < 1.29 is 23.1 Å². The Hall–Kier alpha value is -0.860. The Morgan fingerprint density at radius 1 is 1.44 bits per heavy atom. The first-order valence-corrected chi connectivity index (χ1v) is 6.50. The number of rotatable bonds is 3. The van der Waals surface area contributed by atoms with Gasteiger partial charge in [0.15, 0.2) is 0 Å². The number of nitrogens with two attached hydrogens (primary N) is 2.